The van der Waals surface area contributed by atoms with Crippen LogP contribution < -0.4 is 15.2 Å². The molecule has 0 aliphatic rings. The summed E-state index contributed by atoms with van der Waals surface area (Å²) >= 11 is 0. The van der Waals surface area contributed by atoms with E-state index in [4.69, 9.17) is 19.7 Å². The molecule has 2 N–H and O–H groups in total. The molecule has 0 saturated heterocycles. The number of rotatable bonds is 6. The summed E-state index contributed by atoms with van der Waals surface area (Å²) < 4.78 is 15.7. The highest BCUT2D eigenvalue weighted by molar-refractivity contribution is 5.31. The Bertz CT molecular complexity index is 479. The average molecular weight is 248 g/mol. The van der Waals surface area contributed by atoms with Crippen LogP contribution in [0.15, 0.2) is 34.9 Å². The first-order chi connectivity index (χ1) is 8.78. The predicted octanol–water partition coefficient (Wildman–Crippen LogP) is 2.28. The number of ether oxygens (including phenoxy) is 2. The van der Waals surface area contributed by atoms with Crippen LogP contribution in [-0.4, -0.2) is 18.4 Å². The van der Waals surface area contributed by atoms with E-state index in [-0.39, 0.29) is 0 Å². The molecule has 5 heteroatoms. The molecule has 2 aromatic rings. The molecule has 5 nitrogen and oxygen atoms in total. The van der Waals surface area contributed by atoms with Crippen molar-refractivity contribution in [2.45, 2.75) is 13.3 Å². The minimum absolute atomic E-state index is 0.325. The normalized spacial score (nSPS) is 10.3. The van der Waals surface area contributed by atoms with Gasteiger partial charge in [-0.25, -0.2) is 0 Å². The van der Waals surface area contributed by atoms with Crippen molar-refractivity contribution < 1.29 is 14.0 Å². The van der Waals surface area contributed by atoms with E-state index in [9.17, 15) is 0 Å². The third-order valence-corrected chi connectivity index (χ3v) is 2.34. The maximum absolute atomic E-state index is 5.57. The molecular weight excluding hydrogens is 232 g/mol. The molecular formula is C13H16N2O3. The van der Waals surface area contributed by atoms with Gasteiger partial charge < -0.3 is 19.7 Å². The van der Waals surface area contributed by atoms with E-state index < -0.39 is 0 Å². The molecule has 0 bridgehead atoms. The van der Waals surface area contributed by atoms with E-state index in [0.29, 0.717) is 25.5 Å². The Morgan fingerprint density at radius 1 is 1.17 bits per heavy atom. The van der Waals surface area contributed by atoms with Gasteiger partial charge in [0.25, 0.3) is 0 Å². The molecule has 18 heavy (non-hydrogen) atoms. The van der Waals surface area contributed by atoms with Gasteiger partial charge in [-0.1, -0.05) is 5.16 Å². The zero-order chi connectivity index (χ0) is 12.8. The first-order valence-corrected chi connectivity index (χ1v) is 5.84. The summed E-state index contributed by atoms with van der Waals surface area (Å²) in [5.41, 5.74) is 6.21. The fourth-order valence-electron chi connectivity index (χ4n) is 1.52. The van der Waals surface area contributed by atoms with Crippen molar-refractivity contribution in [3.8, 4) is 11.5 Å². The van der Waals surface area contributed by atoms with Crippen LogP contribution in [0.25, 0.3) is 0 Å². The standard InChI is InChI=1S/C13H16N2O3/c1-2-16-11-3-5-12(6-4-11)17-8-7-10-9-13(14)18-15-10/h3-6,9H,2,7-8,14H2,1H3. The molecule has 0 atom stereocenters. The summed E-state index contributed by atoms with van der Waals surface area (Å²) in [6.45, 7) is 3.14. The van der Waals surface area contributed by atoms with E-state index in [0.717, 1.165) is 17.2 Å². The molecule has 0 spiro atoms. The van der Waals surface area contributed by atoms with E-state index in [2.05, 4.69) is 5.16 Å². The van der Waals surface area contributed by atoms with Gasteiger partial charge >= 0.3 is 0 Å². The van der Waals surface area contributed by atoms with Crippen molar-refractivity contribution in [1.82, 2.24) is 5.16 Å². The largest absolute Gasteiger partial charge is 0.494 e. The Morgan fingerprint density at radius 3 is 2.39 bits per heavy atom. The number of nitrogens with two attached hydrogens (primary N) is 1. The molecule has 0 amide bonds. The number of nitrogens with zero attached hydrogens (tertiary/aromatic N) is 1. The van der Waals surface area contributed by atoms with Crippen LogP contribution in [0.5, 0.6) is 11.5 Å². The van der Waals surface area contributed by atoms with E-state index in [1.807, 2.05) is 31.2 Å². The maximum atomic E-state index is 5.57. The van der Waals surface area contributed by atoms with Crippen LogP contribution in [0.3, 0.4) is 0 Å². The maximum Gasteiger partial charge on any atom is 0.222 e. The summed E-state index contributed by atoms with van der Waals surface area (Å²) in [5, 5.41) is 3.79. The molecule has 0 fully saturated rings. The molecule has 2 rings (SSSR count). The van der Waals surface area contributed by atoms with Gasteiger partial charge in [0.1, 0.15) is 11.5 Å². The third kappa shape index (κ3) is 3.41. The number of nitrogen functional groups attached to an aromatic ring is 1. The smallest absolute Gasteiger partial charge is 0.222 e. The van der Waals surface area contributed by atoms with Crippen LogP contribution in [0.4, 0.5) is 5.88 Å². The molecule has 0 unspecified atom stereocenters. The first kappa shape index (κ1) is 12.3. The van der Waals surface area contributed by atoms with Gasteiger partial charge in [-0.05, 0) is 31.2 Å². The van der Waals surface area contributed by atoms with E-state index >= 15 is 0 Å². The van der Waals surface area contributed by atoms with Crippen molar-refractivity contribution in [1.29, 1.82) is 0 Å². The minimum atomic E-state index is 0.325. The molecule has 0 aliphatic heterocycles. The van der Waals surface area contributed by atoms with Crippen molar-refractivity contribution in [2.75, 3.05) is 18.9 Å². The highest BCUT2D eigenvalue weighted by Crippen LogP contribution is 2.17. The van der Waals surface area contributed by atoms with Crippen LogP contribution in [0.2, 0.25) is 0 Å². The molecule has 0 radical (unpaired) electrons. The van der Waals surface area contributed by atoms with Crippen molar-refractivity contribution in [3.63, 3.8) is 0 Å². The number of aromatic nitrogens is 1. The van der Waals surface area contributed by atoms with E-state index in [1.54, 1.807) is 6.07 Å². The number of hydrogen-bond donors (Lipinski definition) is 1. The topological polar surface area (TPSA) is 70.5 Å². The number of hydrogen-bond acceptors (Lipinski definition) is 5. The number of anilines is 1. The van der Waals surface area contributed by atoms with Crippen molar-refractivity contribution >= 4 is 5.88 Å². The summed E-state index contributed by atoms with van der Waals surface area (Å²) in [6.07, 6.45) is 0.661. The predicted molar refractivity (Wildman–Crippen MR) is 67.7 cm³/mol. The Labute approximate surface area is 105 Å². The highest BCUT2D eigenvalue weighted by Gasteiger charge is 2.01. The summed E-state index contributed by atoms with van der Waals surface area (Å²) in [4.78, 5) is 0. The Morgan fingerprint density at radius 2 is 1.83 bits per heavy atom. The summed E-state index contributed by atoms with van der Waals surface area (Å²) in [5.74, 6) is 1.97. The molecule has 0 saturated carbocycles. The molecule has 1 aromatic heterocycles. The monoisotopic (exact) mass is 248 g/mol. The van der Waals surface area contributed by atoms with Crippen LogP contribution in [-0.2, 0) is 6.42 Å². The van der Waals surface area contributed by atoms with Gasteiger partial charge in [-0.3, -0.25) is 0 Å². The lowest BCUT2D eigenvalue weighted by Crippen LogP contribution is -2.01. The lowest BCUT2D eigenvalue weighted by molar-refractivity contribution is 0.313. The van der Waals surface area contributed by atoms with Crippen LogP contribution in [0.1, 0.15) is 12.6 Å². The lowest BCUT2D eigenvalue weighted by Gasteiger charge is -2.06. The fraction of sp³-hybridized carbons (Fsp3) is 0.308. The quantitative estimate of drug-likeness (QED) is 0.849. The van der Waals surface area contributed by atoms with Gasteiger partial charge in [0, 0.05) is 12.5 Å². The van der Waals surface area contributed by atoms with Gasteiger partial charge in [0.05, 0.1) is 18.9 Å². The number of benzene rings is 1. The van der Waals surface area contributed by atoms with Crippen molar-refractivity contribution in [3.05, 3.63) is 36.0 Å². The zero-order valence-electron chi connectivity index (χ0n) is 10.3. The summed E-state index contributed by atoms with van der Waals surface area (Å²) in [7, 11) is 0. The Hall–Kier alpha value is -2.17. The molecule has 0 aliphatic carbocycles. The fourth-order valence-corrected chi connectivity index (χ4v) is 1.52. The molecule has 1 heterocycles. The summed E-state index contributed by atoms with van der Waals surface area (Å²) in [6, 6.07) is 9.21. The average Bonchev–Trinajstić information content (AvgIpc) is 2.78. The SMILES string of the molecule is CCOc1ccc(OCCc2cc(N)on2)cc1. The van der Waals surface area contributed by atoms with Gasteiger partial charge in [0.2, 0.25) is 5.88 Å². The highest BCUT2D eigenvalue weighted by atomic mass is 16.5. The van der Waals surface area contributed by atoms with Gasteiger partial charge in [0.15, 0.2) is 0 Å². The van der Waals surface area contributed by atoms with Crippen molar-refractivity contribution in [2.24, 2.45) is 0 Å². The first-order valence-electron chi connectivity index (χ1n) is 5.84. The second-order valence-electron chi connectivity index (χ2n) is 3.72. The van der Waals surface area contributed by atoms with E-state index in [1.165, 1.54) is 0 Å². The lowest BCUT2D eigenvalue weighted by atomic mass is 10.3. The van der Waals surface area contributed by atoms with Gasteiger partial charge in [-0.15, -0.1) is 0 Å². The van der Waals surface area contributed by atoms with Crippen LogP contribution >= 0.6 is 0 Å². The molecule has 96 valence electrons. The third-order valence-electron chi connectivity index (χ3n) is 2.34. The second kappa shape index (κ2) is 5.95. The minimum Gasteiger partial charge on any atom is -0.494 e. The van der Waals surface area contributed by atoms with Crippen LogP contribution in [0, 0.1) is 0 Å². The second-order valence-corrected chi connectivity index (χ2v) is 3.72. The zero-order valence-corrected chi connectivity index (χ0v) is 10.3. The molecule has 1 aromatic carbocycles. The Balaban J connectivity index is 1.79. The Kier molecular flexibility index (Phi) is 4.06. The van der Waals surface area contributed by atoms with Gasteiger partial charge in [-0.2, -0.15) is 0 Å².